The molecule has 0 saturated carbocycles. The van der Waals surface area contributed by atoms with Gasteiger partial charge in [-0.25, -0.2) is 19.9 Å². The number of nitrogens with zero attached hydrogens (tertiary/aromatic N) is 6. The first-order chi connectivity index (χ1) is 11.0. The molecule has 118 valence electrons. The van der Waals surface area contributed by atoms with Crippen LogP contribution in [0, 0.1) is 19.8 Å². The Bertz CT molecular complexity index is 807. The number of pyridine rings is 1. The maximum absolute atomic E-state index is 4.55. The van der Waals surface area contributed by atoms with E-state index in [4.69, 9.17) is 0 Å². The second-order valence-electron chi connectivity index (χ2n) is 5.97. The molecule has 0 atom stereocenters. The summed E-state index contributed by atoms with van der Waals surface area (Å²) in [6.45, 7) is 8.13. The smallest absolute Gasteiger partial charge is 0.183 e. The molecule has 0 spiro atoms. The van der Waals surface area contributed by atoms with Crippen LogP contribution in [0.15, 0.2) is 30.5 Å². The van der Waals surface area contributed by atoms with E-state index >= 15 is 0 Å². The van der Waals surface area contributed by atoms with Gasteiger partial charge in [0.2, 0.25) is 0 Å². The number of aromatic nitrogens is 6. The predicted molar refractivity (Wildman–Crippen MR) is 88.2 cm³/mol. The van der Waals surface area contributed by atoms with E-state index in [9.17, 15) is 0 Å². The molecule has 3 aromatic rings. The molecule has 0 aromatic carbocycles. The summed E-state index contributed by atoms with van der Waals surface area (Å²) in [5.74, 6) is 3.38. The SMILES string of the molecule is Cc1nc(CC(C)C)cc(-c2nc(C)nn2-c2ccccn2)n1. The van der Waals surface area contributed by atoms with E-state index in [1.54, 1.807) is 10.9 Å². The minimum absolute atomic E-state index is 0.535. The molecule has 23 heavy (non-hydrogen) atoms. The minimum atomic E-state index is 0.535. The fourth-order valence-electron chi connectivity index (χ4n) is 2.49. The standard InChI is InChI=1S/C17H20N6/c1-11(2)9-14-10-15(20-12(3)19-14)17-21-13(4)22-23(17)16-7-5-6-8-18-16/h5-8,10-11H,9H2,1-4H3. The van der Waals surface area contributed by atoms with Gasteiger partial charge in [0.05, 0.1) is 0 Å². The van der Waals surface area contributed by atoms with Crippen LogP contribution < -0.4 is 0 Å². The molecule has 0 aliphatic heterocycles. The van der Waals surface area contributed by atoms with Gasteiger partial charge in [0, 0.05) is 11.9 Å². The van der Waals surface area contributed by atoms with E-state index in [0.717, 1.165) is 29.5 Å². The summed E-state index contributed by atoms with van der Waals surface area (Å²) in [6.07, 6.45) is 2.65. The lowest BCUT2D eigenvalue weighted by atomic mass is 10.1. The molecular weight excluding hydrogens is 288 g/mol. The zero-order valence-corrected chi connectivity index (χ0v) is 13.9. The van der Waals surface area contributed by atoms with Crippen LogP contribution in [0.2, 0.25) is 0 Å². The van der Waals surface area contributed by atoms with E-state index in [1.807, 2.05) is 38.1 Å². The van der Waals surface area contributed by atoms with Crippen molar-refractivity contribution in [1.29, 1.82) is 0 Å². The Morgan fingerprint density at radius 1 is 1.04 bits per heavy atom. The summed E-state index contributed by atoms with van der Waals surface area (Å²) in [7, 11) is 0. The van der Waals surface area contributed by atoms with Gasteiger partial charge in [-0.3, -0.25) is 0 Å². The quantitative estimate of drug-likeness (QED) is 0.741. The third-order valence-corrected chi connectivity index (χ3v) is 3.32. The fraction of sp³-hybridized carbons (Fsp3) is 0.353. The van der Waals surface area contributed by atoms with Crippen molar-refractivity contribution in [2.24, 2.45) is 5.92 Å². The highest BCUT2D eigenvalue weighted by Gasteiger charge is 2.15. The Morgan fingerprint density at radius 2 is 1.87 bits per heavy atom. The average molecular weight is 308 g/mol. The normalized spacial score (nSPS) is 11.2. The van der Waals surface area contributed by atoms with Crippen molar-refractivity contribution < 1.29 is 0 Å². The number of aryl methyl sites for hydroxylation is 2. The Labute approximate surface area is 135 Å². The molecule has 0 aliphatic rings. The molecule has 6 heteroatoms. The van der Waals surface area contributed by atoms with Gasteiger partial charge in [-0.05, 0) is 44.4 Å². The monoisotopic (exact) mass is 308 g/mol. The van der Waals surface area contributed by atoms with Gasteiger partial charge in [0.15, 0.2) is 11.6 Å². The largest absolute Gasteiger partial charge is 0.238 e. The molecule has 0 unspecified atom stereocenters. The highest BCUT2D eigenvalue weighted by molar-refractivity contribution is 5.52. The summed E-state index contributed by atoms with van der Waals surface area (Å²) in [5.41, 5.74) is 1.80. The van der Waals surface area contributed by atoms with E-state index in [2.05, 4.69) is 38.9 Å². The van der Waals surface area contributed by atoms with Crippen molar-refractivity contribution in [3.05, 3.63) is 47.8 Å². The summed E-state index contributed by atoms with van der Waals surface area (Å²) in [5, 5.41) is 4.46. The van der Waals surface area contributed by atoms with Crippen LogP contribution >= 0.6 is 0 Å². The summed E-state index contributed by atoms with van der Waals surface area (Å²) < 4.78 is 1.73. The van der Waals surface area contributed by atoms with Crippen LogP contribution in [0.4, 0.5) is 0 Å². The van der Waals surface area contributed by atoms with Crippen LogP contribution in [0.5, 0.6) is 0 Å². The van der Waals surface area contributed by atoms with E-state index < -0.39 is 0 Å². The molecule has 0 saturated heterocycles. The highest BCUT2D eigenvalue weighted by atomic mass is 15.4. The van der Waals surface area contributed by atoms with Gasteiger partial charge in [-0.1, -0.05) is 19.9 Å². The summed E-state index contributed by atoms with van der Waals surface area (Å²) in [6, 6.07) is 7.71. The van der Waals surface area contributed by atoms with Gasteiger partial charge in [-0.15, -0.1) is 5.10 Å². The second kappa shape index (κ2) is 6.24. The summed E-state index contributed by atoms with van der Waals surface area (Å²) in [4.78, 5) is 18.0. The van der Waals surface area contributed by atoms with E-state index in [-0.39, 0.29) is 0 Å². The van der Waals surface area contributed by atoms with E-state index in [0.29, 0.717) is 17.6 Å². The van der Waals surface area contributed by atoms with Crippen LogP contribution in [-0.4, -0.2) is 29.7 Å². The van der Waals surface area contributed by atoms with Crippen molar-refractivity contribution in [3.8, 4) is 17.3 Å². The lowest BCUT2D eigenvalue weighted by Gasteiger charge is -2.08. The van der Waals surface area contributed by atoms with Crippen LogP contribution in [0.1, 0.15) is 31.2 Å². The highest BCUT2D eigenvalue weighted by Crippen LogP contribution is 2.20. The van der Waals surface area contributed by atoms with Crippen molar-refractivity contribution in [1.82, 2.24) is 29.7 Å². The van der Waals surface area contributed by atoms with Gasteiger partial charge < -0.3 is 0 Å². The minimum Gasteiger partial charge on any atom is -0.238 e. The molecule has 0 fully saturated rings. The molecule has 6 nitrogen and oxygen atoms in total. The average Bonchev–Trinajstić information content (AvgIpc) is 2.89. The first-order valence-electron chi connectivity index (χ1n) is 7.73. The molecule has 0 aliphatic carbocycles. The van der Waals surface area contributed by atoms with Gasteiger partial charge in [0.25, 0.3) is 0 Å². The molecule has 0 radical (unpaired) electrons. The Balaban J connectivity index is 2.11. The van der Waals surface area contributed by atoms with Crippen LogP contribution in [0.3, 0.4) is 0 Å². The van der Waals surface area contributed by atoms with Crippen molar-refractivity contribution in [2.75, 3.05) is 0 Å². The molecule has 3 heterocycles. The second-order valence-corrected chi connectivity index (χ2v) is 5.97. The van der Waals surface area contributed by atoms with Crippen molar-refractivity contribution in [2.45, 2.75) is 34.1 Å². The maximum atomic E-state index is 4.55. The van der Waals surface area contributed by atoms with Gasteiger partial charge >= 0.3 is 0 Å². The molecule has 0 bridgehead atoms. The van der Waals surface area contributed by atoms with Crippen molar-refractivity contribution >= 4 is 0 Å². The maximum Gasteiger partial charge on any atom is 0.183 e. The first-order valence-corrected chi connectivity index (χ1v) is 7.73. The number of rotatable bonds is 4. The lowest BCUT2D eigenvalue weighted by Crippen LogP contribution is -2.06. The third-order valence-electron chi connectivity index (χ3n) is 3.32. The van der Waals surface area contributed by atoms with E-state index in [1.165, 1.54) is 0 Å². The van der Waals surface area contributed by atoms with Crippen LogP contribution in [0.25, 0.3) is 17.3 Å². The first kappa shape index (κ1) is 15.3. The van der Waals surface area contributed by atoms with Gasteiger partial charge in [0.1, 0.15) is 17.3 Å². The number of hydrogen-bond acceptors (Lipinski definition) is 5. The molecule has 3 rings (SSSR count). The fourth-order valence-corrected chi connectivity index (χ4v) is 2.49. The molecular formula is C17H20N6. The lowest BCUT2D eigenvalue weighted by molar-refractivity contribution is 0.632. The molecule has 0 N–H and O–H groups in total. The Morgan fingerprint density at radius 3 is 2.57 bits per heavy atom. The topological polar surface area (TPSA) is 69.4 Å². The third kappa shape index (κ3) is 3.41. The summed E-state index contributed by atoms with van der Waals surface area (Å²) >= 11 is 0. The zero-order valence-electron chi connectivity index (χ0n) is 13.9. The number of hydrogen-bond donors (Lipinski definition) is 0. The Kier molecular flexibility index (Phi) is 4.14. The Hall–Kier alpha value is -2.63. The molecule has 0 amide bonds. The van der Waals surface area contributed by atoms with Gasteiger partial charge in [-0.2, -0.15) is 4.68 Å². The van der Waals surface area contributed by atoms with Crippen molar-refractivity contribution in [3.63, 3.8) is 0 Å². The predicted octanol–water partition coefficient (Wildman–Crippen LogP) is 2.93. The van der Waals surface area contributed by atoms with Crippen LogP contribution in [-0.2, 0) is 6.42 Å². The zero-order chi connectivity index (χ0) is 16.4. The molecule has 3 aromatic heterocycles.